The van der Waals surface area contributed by atoms with E-state index in [1.165, 1.54) is 10.4 Å². The van der Waals surface area contributed by atoms with Crippen LogP contribution in [0.25, 0.3) is 0 Å². The first-order valence-electron chi connectivity index (χ1n) is 9.83. The normalized spacial score (nSPS) is 12.1. The monoisotopic (exact) mass is 417 g/mol. The second-order valence-electron chi connectivity index (χ2n) is 7.81. The first-order valence-corrected chi connectivity index (χ1v) is 11.3. The van der Waals surface area contributed by atoms with Crippen LogP contribution in [0.4, 0.5) is 11.4 Å². The SMILES string of the molecule is CCN(CC)S(=O)(=O)c1cccc(NC(=O)CNc2ccccc2C(C)(C)C)c1. The molecule has 7 heteroatoms. The zero-order valence-corrected chi connectivity index (χ0v) is 18.6. The van der Waals surface area contributed by atoms with Gasteiger partial charge < -0.3 is 10.6 Å². The summed E-state index contributed by atoms with van der Waals surface area (Å²) in [6, 6.07) is 14.3. The van der Waals surface area contributed by atoms with Gasteiger partial charge >= 0.3 is 0 Å². The summed E-state index contributed by atoms with van der Waals surface area (Å²) in [5, 5.41) is 5.96. The van der Waals surface area contributed by atoms with E-state index in [9.17, 15) is 13.2 Å². The van der Waals surface area contributed by atoms with Crippen molar-refractivity contribution in [2.24, 2.45) is 0 Å². The molecule has 2 N–H and O–H groups in total. The van der Waals surface area contributed by atoms with E-state index in [0.29, 0.717) is 18.8 Å². The molecule has 0 bridgehead atoms. The van der Waals surface area contributed by atoms with Crippen LogP contribution >= 0.6 is 0 Å². The molecule has 0 saturated heterocycles. The fourth-order valence-corrected chi connectivity index (χ4v) is 4.62. The lowest BCUT2D eigenvalue weighted by Crippen LogP contribution is -2.30. The minimum atomic E-state index is -3.57. The van der Waals surface area contributed by atoms with E-state index in [-0.39, 0.29) is 22.8 Å². The highest BCUT2D eigenvalue weighted by molar-refractivity contribution is 7.89. The van der Waals surface area contributed by atoms with Gasteiger partial charge in [0.05, 0.1) is 11.4 Å². The number of sulfonamides is 1. The minimum Gasteiger partial charge on any atom is -0.376 e. The van der Waals surface area contributed by atoms with E-state index in [0.717, 1.165) is 11.3 Å². The van der Waals surface area contributed by atoms with Crippen LogP contribution in [-0.4, -0.2) is 38.3 Å². The molecule has 0 unspecified atom stereocenters. The molecule has 2 aromatic carbocycles. The highest BCUT2D eigenvalue weighted by atomic mass is 32.2. The third-order valence-corrected chi connectivity index (χ3v) is 6.68. The van der Waals surface area contributed by atoms with Gasteiger partial charge in [-0.2, -0.15) is 4.31 Å². The maximum absolute atomic E-state index is 12.7. The standard InChI is InChI=1S/C22H31N3O3S/c1-6-25(7-2)29(27,28)18-12-10-11-17(15-18)24-21(26)16-23-20-14-9-8-13-19(20)22(3,4)5/h8-15,23H,6-7,16H2,1-5H3,(H,24,26). The van der Waals surface area contributed by atoms with Gasteiger partial charge in [-0.05, 0) is 35.2 Å². The molecule has 0 fully saturated rings. The van der Waals surface area contributed by atoms with Crippen molar-refractivity contribution in [1.29, 1.82) is 0 Å². The van der Waals surface area contributed by atoms with Gasteiger partial charge in [-0.1, -0.05) is 58.9 Å². The maximum Gasteiger partial charge on any atom is 0.243 e. The van der Waals surface area contributed by atoms with Gasteiger partial charge in [0.2, 0.25) is 15.9 Å². The molecule has 0 spiro atoms. The molecule has 0 radical (unpaired) electrons. The van der Waals surface area contributed by atoms with E-state index in [2.05, 4.69) is 31.4 Å². The number of hydrogen-bond donors (Lipinski definition) is 2. The lowest BCUT2D eigenvalue weighted by molar-refractivity contribution is -0.114. The molecule has 0 aliphatic rings. The second-order valence-corrected chi connectivity index (χ2v) is 9.75. The molecule has 1 amide bonds. The van der Waals surface area contributed by atoms with Crippen LogP contribution in [0.15, 0.2) is 53.4 Å². The summed E-state index contributed by atoms with van der Waals surface area (Å²) < 4.78 is 26.7. The third kappa shape index (κ3) is 5.81. The molecule has 0 aliphatic carbocycles. The highest BCUT2D eigenvalue weighted by Crippen LogP contribution is 2.29. The van der Waals surface area contributed by atoms with Crippen molar-refractivity contribution in [2.45, 2.75) is 44.9 Å². The van der Waals surface area contributed by atoms with Crippen molar-refractivity contribution >= 4 is 27.3 Å². The molecule has 0 aliphatic heterocycles. The summed E-state index contributed by atoms with van der Waals surface area (Å²) >= 11 is 0. The molecule has 0 aromatic heterocycles. The Bertz CT molecular complexity index is 946. The minimum absolute atomic E-state index is 0.0484. The molecular formula is C22H31N3O3S. The van der Waals surface area contributed by atoms with E-state index in [1.807, 2.05) is 24.3 Å². The number of hydrogen-bond acceptors (Lipinski definition) is 4. The topological polar surface area (TPSA) is 78.5 Å². The van der Waals surface area contributed by atoms with Gasteiger partial charge in [0.1, 0.15) is 0 Å². The van der Waals surface area contributed by atoms with Gasteiger partial charge in [0.15, 0.2) is 0 Å². The number of nitrogens with one attached hydrogen (secondary N) is 2. The van der Waals surface area contributed by atoms with E-state index in [4.69, 9.17) is 0 Å². The Hall–Kier alpha value is -2.38. The molecule has 2 rings (SSSR count). The Morgan fingerprint density at radius 2 is 1.66 bits per heavy atom. The molecule has 0 saturated carbocycles. The van der Waals surface area contributed by atoms with Gasteiger partial charge in [0.25, 0.3) is 0 Å². The van der Waals surface area contributed by atoms with Crippen LogP contribution in [0.1, 0.15) is 40.2 Å². The number of benzene rings is 2. The summed E-state index contributed by atoms with van der Waals surface area (Å²) in [6.45, 7) is 10.8. The number of para-hydroxylation sites is 1. The molecule has 29 heavy (non-hydrogen) atoms. The van der Waals surface area contributed by atoms with Gasteiger partial charge in [-0.25, -0.2) is 8.42 Å². The van der Waals surface area contributed by atoms with Crippen molar-refractivity contribution in [3.63, 3.8) is 0 Å². The summed E-state index contributed by atoms with van der Waals surface area (Å²) in [6.07, 6.45) is 0. The average Bonchev–Trinajstić information content (AvgIpc) is 2.67. The van der Waals surface area contributed by atoms with Crippen LogP contribution in [0.5, 0.6) is 0 Å². The first kappa shape index (κ1) is 22.9. The van der Waals surface area contributed by atoms with Crippen LogP contribution in [-0.2, 0) is 20.2 Å². The molecular weight excluding hydrogens is 386 g/mol. The van der Waals surface area contributed by atoms with Crippen molar-refractivity contribution < 1.29 is 13.2 Å². The Labute approximate surface area is 174 Å². The summed E-state index contributed by atoms with van der Waals surface area (Å²) in [5.74, 6) is -0.244. The summed E-state index contributed by atoms with van der Waals surface area (Å²) in [4.78, 5) is 12.6. The highest BCUT2D eigenvalue weighted by Gasteiger charge is 2.22. The largest absolute Gasteiger partial charge is 0.376 e. The zero-order chi connectivity index (χ0) is 21.7. The lowest BCUT2D eigenvalue weighted by atomic mass is 9.86. The predicted octanol–water partition coefficient (Wildman–Crippen LogP) is 4.07. The van der Waals surface area contributed by atoms with Crippen molar-refractivity contribution in [2.75, 3.05) is 30.3 Å². The molecule has 0 atom stereocenters. The second kappa shape index (κ2) is 9.41. The summed E-state index contributed by atoms with van der Waals surface area (Å²) in [5.41, 5.74) is 2.44. The third-order valence-electron chi connectivity index (χ3n) is 4.64. The Balaban J connectivity index is 2.10. The van der Waals surface area contributed by atoms with Gasteiger partial charge in [0, 0.05) is 24.5 Å². The van der Waals surface area contributed by atoms with Crippen LogP contribution < -0.4 is 10.6 Å². The van der Waals surface area contributed by atoms with Crippen molar-refractivity contribution in [3.8, 4) is 0 Å². The number of nitrogens with zero attached hydrogens (tertiary/aromatic N) is 1. The quantitative estimate of drug-likeness (QED) is 0.679. The number of amides is 1. The van der Waals surface area contributed by atoms with Crippen molar-refractivity contribution in [3.05, 3.63) is 54.1 Å². The number of carbonyl (C=O) groups is 1. The Morgan fingerprint density at radius 1 is 1.00 bits per heavy atom. The fourth-order valence-electron chi connectivity index (χ4n) is 3.12. The fraction of sp³-hybridized carbons (Fsp3) is 0.409. The zero-order valence-electron chi connectivity index (χ0n) is 17.8. The van der Waals surface area contributed by atoms with E-state index >= 15 is 0 Å². The van der Waals surface area contributed by atoms with Crippen molar-refractivity contribution in [1.82, 2.24) is 4.31 Å². The van der Waals surface area contributed by atoms with E-state index < -0.39 is 10.0 Å². The number of carbonyl (C=O) groups excluding carboxylic acids is 1. The summed E-state index contributed by atoms with van der Waals surface area (Å²) in [7, 11) is -3.57. The predicted molar refractivity (Wildman–Crippen MR) is 119 cm³/mol. The molecule has 6 nitrogen and oxygen atoms in total. The smallest absolute Gasteiger partial charge is 0.243 e. The maximum atomic E-state index is 12.7. The Morgan fingerprint density at radius 3 is 2.28 bits per heavy atom. The Kier molecular flexibility index (Phi) is 7.43. The molecule has 158 valence electrons. The van der Waals surface area contributed by atoms with Gasteiger partial charge in [-0.15, -0.1) is 0 Å². The van der Waals surface area contributed by atoms with Crippen LogP contribution in [0.2, 0.25) is 0 Å². The lowest BCUT2D eigenvalue weighted by Gasteiger charge is -2.23. The number of anilines is 2. The molecule has 0 heterocycles. The number of rotatable bonds is 8. The molecule has 2 aromatic rings. The van der Waals surface area contributed by atoms with E-state index in [1.54, 1.807) is 32.0 Å². The first-order chi connectivity index (χ1) is 13.6. The van der Waals surface area contributed by atoms with Crippen LogP contribution in [0.3, 0.4) is 0 Å². The van der Waals surface area contributed by atoms with Crippen LogP contribution in [0, 0.1) is 0 Å². The van der Waals surface area contributed by atoms with Gasteiger partial charge in [-0.3, -0.25) is 4.79 Å². The average molecular weight is 418 g/mol.